The number of nitrogens with one attached hydrogen (secondary N) is 1. The first-order chi connectivity index (χ1) is 14.7. The predicted octanol–water partition coefficient (Wildman–Crippen LogP) is 4.53. The number of hydrogen-bond acceptors (Lipinski definition) is 5. The maximum Gasteiger partial charge on any atom is 0.277 e. The second-order valence-electron chi connectivity index (χ2n) is 8.65. The van der Waals surface area contributed by atoms with Gasteiger partial charge in [0.05, 0.1) is 17.4 Å². The summed E-state index contributed by atoms with van der Waals surface area (Å²) in [7, 11) is 1.51. The number of carbonyl (C=O) groups is 1. The lowest BCUT2D eigenvalue weighted by Crippen LogP contribution is -2.30. The molecule has 1 aliphatic heterocycles. The van der Waals surface area contributed by atoms with E-state index in [1.54, 1.807) is 17.0 Å². The Kier molecular flexibility index (Phi) is 5.05. The quantitative estimate of drug-likeness (QED) is 0.481. The number of H-pyrrole nitrogens is 1. The Morgan fingerprint density at radius 2 is 1.84 bits per heavy atom. The third kappa shape index (κ3) is 3.46. The normalized spacial score (nSPS) is 16.5. The summed E-state index contributed by atoms with van der Waals surface area (Å²) in [5.41, 5.74) is 4.81. The minimum absolute atomic E-state index is 0.138. The molecule has 1 amide bonds. The molecule has 0 radical (unpaired) electrons. The molecule has 1 atom stereocenters. The fraction of sp³-hybridized carbons (Fsp3) is 0.292. The SMILES string of the molecule is CO/N=C(/C)c1ccc(N2C(=O)c3[nH]nc(C(C)(C)C)c3C2c2ccccc2O)cc1. The lowest BCUT2D eigenvalue weighted by molar-refractivity contribution is 0.0988. The van der Waals surface area contributed by atoms with Gasteiger partial charge in [0.15, 0.2) is 0 Å². The number of phenols is 1. The zero-order valence-electron chi connectivity index (χ0n) is 18.3. The van der Waals surface area contributed by atoms with Crippen molar-refractivity contribution in [1.29, 1.82) is 0 Å². The summed E-state index contributed by atoms with van der Waals surface area (Å²) < 4.78 is 0. The van der Waals surface area contributed by atoms with Crippen molar-refractivity contribution in [3.63, 3.8) is 0 Å². The zero-order valence-corrected chi connectivity index (χ0v) is 18.3. The van der Waals surface area contributed by atoms with Gasteiger partial charge >= 0.3 is 0 Å². The Labute approximate surface area is 181 Å². The molecule has 7 heteroatoms. The van der Waals surface area contributed by atoms with Crippen LogP contribution in [0.3, 0.4) is 0 Å². The molecule has 0 saturated carbocycles. The van der Waals surface area contributed by atoms with Crippen molar-refractivity contribution in [3.05, 3.63) is 76.6 Å². The molecule has 2 N–H and O–H groups in total. The Hall–Kier alpha value is -3.61. The highest BCUT2D eigenvalue weighted by atomic mass is 16.6. The van der Waals surface area contributed by atoms with E-state index in [1.807, 2.05) is 43.3 Å². The van der Waals surface area contributed by atoms with E-state index in [2.05, 4.69) is 36.1 Å². The molecule has 1 aromatic heterocycles. The van der Waals surface area contributed by atoms with Crippen LogP contribution in [0.4, 0.5) is 5.69 Å². The molecule has 0 bridgehead atoms. The van der Waals surface area contributed by atoms with Crippen molar-refractivity contribution in [2.24, 2.45) is 5.16 Å². The van der Waals surface area contributed by atoms with Crippen LogP contribution in [0.15, 0.2) is 53.7 Å². The number of rotatable bonds is 4. The molecule has 0 saturated heterocycles. The highest BCUT2D eigenvalue weighted by Gasteiger charge is 2.45. The van der Waals surface area contributed by atoms with Crippen molar-refractivity contribution < 1.29 is 14.7 Å². The summed E-state index contributed by atoms with van der Waals surface area (Å²) >= 11 is 0. The number of phenolic OH excluding ortho intramolecular Hbond substituents is 1. The molecule has 2 aromatic carbocycles. The fourth-order valence-corrected chi connectivity index (χ4v) is 4.05. The highest BCUT2D eigenvalue weighted by Crippen LogP contribution is 2.46. The van der Waals surface area contributed by atoms with Gasteiger partial charge in [0, 0.05) is 22.2 Å². The van der Waals surface area contributed by atoms with E-state index in [-0.39, 0.29) is 17.1 Å². The van der Waals surface area contributed by atoms with Crippen LogP contribution in [-0.2, 0) is 10.3 Å². The van der Waals surface area contributed by atoms with Crippen molar-refractivity contribution in [2.75, 3.05) is 12.0 Å². The van der Waals surface area contributed by atoms with Gasteiger partial charge in [-0.3, -0.25) is 14.8 Å². The summed E-state index contributed by atoms with van der Waals surface area (Å²) in [6.45, 7) is 8.04. The maximum absolute atomic E-state index is 13.5. The number of para-hydroxylation sites is 1. The molecular weight excluding hydrogens is 392 g/mol. The summed E-state index contributed by atoms with van der Waals surface area (Å²) in [6.07, 6.45) is 0. The van der Waals surface area contributed by atoms with Crippen molar-refractivity contribution in [1.82, 2.24) is 10.2 Å². The van der Waals surface area contributed by atoms with Gasteiger partial charge in [-0.25, -0.2) is 0 Å². The standard InChI is InChI=1S/C24H26N4O3/c1-14(27-31-5)15-10-12-16(13-11-15)28-21(17-8-6-7-9-18(17)29)19-20(23(28)30)25-26-22(19)24(2,3)4/h6-13,21,29H,1-5H3,(H,25,26)/b27-14-. The van der Waals surface area contributed by atoms with Crippen molar-refractivity contribution in [2.45, 2.75) is 39.2 Å². The number of anilines is 1. The minimum Gasteiger partial charge on any atom is -0.508 e. The van der Waals surface area contributed by atoms with E-state index in [0.717, 1.165) is 28.2 Å². The smallest absolute Gasteiger partial charge is 0.277 e. The van der Waals surface area contributed by atoms with Gasteiger partial charge in [0.2, 0.25) is 0 Å². The molecular formula is C24H26N4O3. The first-order valence-electron chi connectivity index (χ1n) is 10.1. The first-order valence-corrected chi connectivity index (χ1v) is 10.1. The van der Waals surface area contributed by atoms with Gasteiger partial charge in [-0.2, -0.15) is 5.10 Å². The molecule has 31 heavy (non-hydrogen) atoms. The summed E-state index contributed by atoms with van der Waals surface area (Å²) in [5.74, 6) is -0.0415. The lowest BCUT2D eigenvalue weighted by atomic mass is 9.85. The topological polar surface area (TPSA) is 90.8 Å². The number of oxime groups is 1. The number of hydrogen-bond donors (Lipinski definition) is 2. The highest BCUT2D eigenvalue weighted by molar-refractivity contribution is 6.11. The van der Waals surface area contributed by atoms with Crippen molar-refractivity contribution >= 4 is 17.3 Å². The zero-order chi connectivity index (χ0) is 22.3. The summed E-state index contributed by atoms with van der Waals surface area (Å²) in [6, 6.07) is 14.2. The Balaban J connectivity index is 1.88. The molecule has 4 rings (SSSR count). The van der Waals surface area contributed by atoms with E-state index in [1.165, 1.54) is 7.11 Å². The van der Waals surface area contributed by atoms with Gasteiger partial charge < -0.3 is 9.94 Å². The van der Waals surface area contributed by atoms with Crippen LogP contribution in [0.2, 0.25) is 0 Å². The number of aromatic hydroxyl groups is 1. The molecule has 2 heterocycles. The fourth-order valence-electron chi connectivity index (χ4n) is 4.05. The summed E-state index contributed by atoms with van der Waals surface area (Å²) in [5, 5.41) is 22.0. The van der Waals surface area contributed by atoms with Crippen LogP contribution in [0, 0.1) is 0 Å². The van der Waals surface area contributed by atoms with Crippen molar-refractivity contribution in [3.8, 4) is 5.75 Å². The second kappa shape index (κ2) is 7.58. The van der Waals surface area contributed by atoms with E-state index in [0.29, 0.717) is 11.3 Å². The number of aromatic amines is 1. The Morgan fingerprint density at radius 3 is 2.45 bits per heavy atom. The molecule has 7 nitrogen and oxygen atoms in total. The lowest BCUT2D eigenvalue weighted by Gasteiger charge is -2.28. The van der Waals surface area contributed by atoms with Crippen LogP contribution in [0.5, 0.6) is 5.75 Å². The van der Waals surface area contributed by atoms with E-state index < -0.39 is 6.04 Å². The van der Waals surface area contributed by atoms with Crippen LogP contribution >= 0.6 is 0 Å². The summed E-state index contributed by atoms with van der Waals surface area (Å²) in [4.78, 5) is 20.0. The molecule has 3 aromatic rings. The third-order valence-electron chi connectivity index (χ3n) is 5.50. The first kappa shape index (κ1) is 20.7. The minimum atomic E-state index is -0.490. The predicted molar refractivity (Wildman–Crippen MR) is 120 cm³/mol. The Morgan fingerprint density at radius 1 is 1.16 bits per heavy atom. The number of nitrogens with zero attached hydrogens (tertiary/aromatic N) is 3. The van der Waals surface area contributed by atoms with E-state index in [4.69, 9.17) is 4.84 Å². The maximum atomic E-state index is 13.5. The van der Waals surface area contributed by atoms with Gasteiger partial charge in [-0.1, -0.05) is 56.3 Å². The second-order valence-corrected chi connectivity index (χ2v) is 8.65. The Bertz CT molecular complexity index is 1160. The van der Waals surface area contributed by atoms with Gasteiger partial charge in [-0.15, -0.1) is 0 Å². The van der Waals surface area contributed by atoms with Gasteiger partial charge in [-0.05, 0) is 30.7 Å². The molecule has 160 valence electrons. The van der Waals surface area contributed by atoms with E-state index in [9.17, 15) is 9.90 Å². The number of fused-ring (bicyclic) bond motifs is 1. The average Bonchev–Trinajstić information content (AvgIpc) is 3.28. The van der Waals surface area contributed by atoms with Crippen LogP contribution in [0.1, 0.15) is 66.6 Å². The third-order valence-corrected chi connectivity index (χ3v) is 5.50. The molecule has 1 unspecified atom stereocenters. The molecule has 1 aliphatic rings. The molecule has 0 aliphatic carbocycles. The van der Waals surface area contributed by atoms with Crippen LogP contribution < -0.4 is 4.90 Å². The van der Waals surface area contributed by atoms with Crippen LogP contribution in [-0.4, -0.2) is 34.0 Å². The number of carbonyl (C=O) groups excluding carboxylic acids is 1. The number of benzene rings is 2. The largest absolute Gasteiger partial charge is 0.508 e. The van der Waals surface area contributed by atoms with Gasteiger partial charge in [0.1, 0.15) is 18.6 Å². The molecule has 0 fully saturated rings. The van der Waals surface area contributed by atoms with Gasteiger partial charge in [0.25, 0.3) is 5.91 Å². The number of aromatic nitrogens is 2. The van der Waals surface area contributed by atoms with Crippen LogP contribution in [0.25, 0.3) is 0 Å². The van der Waals surface area contributed by atoms with E-state index >= 15 is 0 Å². The molecule has 0 spiro atoms. The number of amides is 1. The monoisotopic (exact) mass is 418 g/mol. The average molecular weight is 418 g/mol.